The van der Waals surface area contributed by atoms with Gasteiger partial charge < -0.3 is 10.2 Å². The molecule has 1 fully saturated rings. The summed E-state index contributed by atoms with van der Waals surface area (Å²) in [6.45, 7) is 8.71. The van der Waals surface area contributed by atoms with Crippen LogP contribution in [0.25, 0.3) is 0 Å². The van der Waals surface area contributed by atoms with Crippen LogP contribution in [0.2, 0.25) is 0 Å². The Kier molecular flexibility index (Phi) is 4.54. The normalized spacial score (nSPS) is 22.4. The Morgan fingerprint density at radius 2 is 1.94 bits per heavy atom. The summed E-state index contributed by atoms with van der Waals surface area (Å²) in [6, 6.07) is 0.0961. The van der Waals surface area contributed by atoms with Crippen LogP contribution < -0.4 is 5.32 Å². The van der Waals surface area contributed by atoms with E-state index in [1.807, 2.05) is 20.9 Å². The number of carbonyl (C=O) groups is 2. The predicted octanol–water partition coefficient (Wildman–Crippen LogP) is 1.26. The third-order valence-corrected chi connectivity index (χ3v) is 3.43. The Balaban J connectivity index is 2.67. The third-order valence-electron chi connectivity index (χ3n) is 3.43. The lowest BCUT2D eigenvalue weighted by Crippen LogP contribution is -2.46. The Bertz CT molecular complexity index is 300. The van der Waals surface area contributed by atoms with Crippen LogP contribution in [0.3, 0.4) is 0 Å². The molecule has 1 aliphatic heterocycles. The van der Waals surface area contributed by atoms with Crippen LogP contribution in [0.4, 0.5) is 0 Å². The van der Waals surface area contributed by atoms with E-state index in [2.05, 4.69) is 19.2 Å². The predicted molar refractivity (Wildman–Crippen MR) is 67.4 cm³/mol. The van der Waals surface area contributed by atoms with Gasteiger partial charge in [-0.15, -0.1) is 0 Å². The van der Waals surface area contributed by atoms with Gasteiger partial charge in [0.05, 0.1) is 0 Å². The van der Waals surface area contributed by atoms with Crippen LogP contribution in [0, 0.1) is 17.8 Å². The molecule has 4 heteroatoms. The van der Waals surface area contributed by atoms with Crippen LogP contribution >= 0.6 is 0 Å². The monoisotopic (exact) mass is 240 g/mol. The van der Waals surface area contributed by atoms with Crippen LogP contribution in [0.5, 0.6) is 0 Å². The molecule has 1 heterocycles. The minimum atomic E-state index is -0.00826. The zero-order valence-corrected chi connectivity index (χ0v) is 11.5. The molecule has 0 saturated carbocycles. The summed E-state index contributed by atoms with van der Waals surface area (Å²) < 4.78 is 0. The molecule has 0 aromatic carbocycles. The molecule has 98 valence electrons. The number of nitrogens with zero attached hydrogens (tertiary/aromatic N) is 1. The minimum absolute atomic E-state index is 0.00826. The fraction of sp³-hybridized carbons (Fsp3) is 0.846. The number of hydrogen-bond donors (Lipinski definition) is 1. The lowest BCUT2D eigenvalue weighted by atomic mass is 9.89. The van der Waals surface area contributed by atoms with E-state index in [4.69, 9.17) is 0 Å². The summed E-state index contributed by atoms with van der Waals surface area (Å²) in [4.78, 5) is 25.1. The molecule has 1 rings (SSSR count). The second-order valence-corrected chi connectivity index (χ2v) is 5.67. The SMILES string of the molecule is CC(C)C(=O)N[C@@H](C(C)C)[C@H]1CC(=O)N(C)C1. The highest BCUT2D eigenvalue weighted by atomic mass is 16.2. The van der Waals surface area contributed by atoms with Gasteiger partial charge in [0.25, 0.3) is 0 Å². The van der Waals surface area contributed by atoms with Crippen molar-refractivity contribution in [2.24, 2.45) is 17.8 Å². The number of hydrogen-bond acceptors (Lipinski definition) is 2. The number of rotatable bonds is 4. The smallest absolute Gasteiger partial charge is 0.222 e. The molecule has 0 unspecified atom stereocenters. The maximum absolute atomic E-state index is 11.8. The van der Waals surface area contributed by atoms with E-state index in [1.165, 1.54) is 0 Å². The molecule has 2 amide bonds. The first-order chi connectivity index (χ1) is 7.82. The number of likely N-dealkylation sites (tertiary alicyclic amines) is 1. The van der Waals surface area contributed by atoms with Crippen LogP contribution in [0.15, 0.2) is 0 Å². The van der Waals surface area contributed by atoms with Gasteiger partial charge in [-0.3, -0.25) is 9.59 Å². The van der Waals surface area contributed by atoms with Crippen molar-refractivity contribution in [1.82, 2.24) is 10.2 Å². The molecule has 0 spiro atoms. The molecule has 1 saturated heterocycles. The largest absolute Gasteiger partial charge is 0.353 e. The highest BCUT2D eigenvalue weighted by Crippen LogP contribution is 2.24. The van der Waals surface area contributed by atoms with E-state index >= 15 is 0 Å². The summed E-state index contributed by atoms with van der Waals surface area (Å²) >= 11 is 0. The number of nitrogens with one attached hydrogen (secondary N) is 1. The van der Waals surface area contributed by atoms with E-state index in [1.54, 1.807) is 4.90 Å². The standard InChI is InChI=1S/C13H24N2O2/c1-8(2)12(14-13(17)9(3)4)10-6-11(16)15(5)7-10/h8-10,12H,6-7H2,1-5H3,(H,14,17)/t10-,12-/m0/s1. The van der Waals surface area contributed by atoms with Gasteiger partial charge in [-0.2, -0.15) is 0 Å². The van der Waals surface area contributed by atoms with Crippen LogP contribution in [0.1, 0.15) is 34.1 Å². The molecule has 0 bridgehead atoms. The van der Waals surface area contributed by atoms with E-state index in [-0.39, 0.29) is 29.7 Å². The summed E-state index contributed by atoms with van der Waals surface area (Å²) in [5, 5.41) is 3.08. The number of amides is 2. The van der Waals surface area contributed by atoms with Crippen molar-refractivity contribution in [2.45, 2.75) is 40.2 Å². The summed E-state index contributed by atoms with van der Waals surface area (Å²) in [7, 11) is 1.82. The van der Waals surface area contributed by atoms with Gasteiger partial charge in [-0.05, 0) is 5.92 Å². The second-order valence-electron chi connectivity index (χ2n) is 5.67. The maximum Gasteiger partial charge on any atom is 0.222 e. The second kappa shape index (κ2) is 5.52. The van der Waals surface area contributed by atoms with Gasteiger partial charge in [0.1, 0.15) is 0 Å². The van der Waals surface area contributed by atoms with Crippen molar-refractivity contribution < 1.29 is 9.59 Å². The molecule has 1 N–H and O–H groups in total. The quantitative estimate of drug-likeness (QED) is 0.804. The maximum atomic E-state index is 11.8. The fourth-order valence-electron chi connectivity index (χ4n) is 2.30. The van der Waals surface area contributed by atoms with Gasteiger partial charge in [-0.25, -0.2) is 0 Å². The van der Waals surface area contributed by atoms with Crippen molar-refractivity contribution in [2.75, 3.05) is 13.6 Å². The molecule has 0 aromatic heterocycles. The van der Waals surface area contributed by atoms with E-state index in [0.29, 0.717) is 12.3 Å². The van der Waals surface area contributed by atoms with Gasteiger partial charge in [0.2, 0.25) is 11.8 Å². The topological polar surface area (TPSA) is 49.4 Å². The Morgan fingerprint density at radius 1 is 1.35 bits per heavy atom. The fourth-order valence-corrected chi connectivity index (χ4v) is 2.30. The first-order valence-corrected chi connectivity index (χ1v) is 6.37. The van der Waals surface area contributed by atoms with E-state index in [9.17, 15) is 9.59 Å². The Morgan fingerprint density at radius 3 is 2.29 bits per heavy atom. The van der Waals surface area contributed by atoms with E-state index < -0.39 is 0 Å². The summed E-state index contributed by atoms with van der Waals surface area (Å²) in [5.41, 5.74) is 0. The lowest BCUT2D eigenvalue weighted by molar-refractivity contribution is -0.127. The average molecular weight is 240 g/mol. The minimum Gasteiger partial charge on any atom is -0.353 e. The summed E-state index contributed by atoms with van der Waals surface area (Å²) in [6.07, 6.45) is 0.553. The lowest BCUT2D eigenvalue weighted by Gasteiger charge is -2.28. The van der Waals surface area contributed by atoms with Gasteiger partial charge >= 0.3 is 0 Å². The zero-order chi connectivity index (χ0) is 13.2. The number of carbonyl (C=O) groups excluding carboxylic acids is 2. The van der Waals surface area contributed by atoms with Gasteiger partial charge in [0, 0.05) is 37.9 Å². The van der Waals surface area contributed by atoms with Crippen molar-refractivity contribution in [3.63, 3.8) is 0 Å². The van der Waals surface area contributed by atoms with Crippen molar-refractivity contribution in [1.29, 1.82) is 0 Å². The molecular weight excluding hydrogens is 216 g/mol. The van der Waals surface area contributed by atoms with Gasteiger partial charge in [0.15, 0.2) is 0 Å². The average Bonchev–Trinajstić information content (AvgIpc) is 2.54. The van der Waals surface area contributed by atoms with Crippen molar-refractivity contribution in [3.05, 3.63) is 0 Å². The highest BCUT2D eigenvalue weighted by Gasteiger charge is 2.35. The third kappa shape index (κ3) is 3.45. The highest BCUT2D eigenvalue weighted by molar-refractivity contribution is 5.80. The molecule has 0 aliphatic carbocycles. The molecule has 2 atom stereocenters. The van der Waals surface area contributed by atoms with Crippen molar-refractivity contribution >= 4 is 11.8 Å². The Labute approximate surface area is 104 Å². The molecule has 0 radical (unpaired) electrons. The van der Waals surface area contributed by atoms with Gasteiger partial charge in [-0.1, -0.05) is 27.7 Å². The zero-order valence-electron chi connectivity index (χ0n) is 11.5. The molecule has 17 heavy (non-hydrogen) atoms. The van der Waals surface area contributed by atoms with Crippen LogP contribution in [-0.4, -0.2) is 36.3 Å². The van der Waals surface area contributed by atoms with E-state index in [0.717, 1.165) is 6.54 Å². The van der Waals surface area contributed by atoms with Crippen LogP contribution in [-0.2, 0) is 9.59 Å². The van der Waals surface area contributed by atoms with Crippen molar-refractivity contribution in [3.8, 4) is 0 Å². The first kappa shape index (κ1) is 14.0. The first-order valence-electron chi connectivity index (χ1n) is 6.37. The molecule has 1 aliphatic rings. The molecular formula is C13H24N2O2. The summed E-state index contributed by atoms with van der Waals surface area (Å²) in [5.74, 6) is 0.841. The Hall–Kier alpha value is -1.06. The molecule has 0 aromatic rings. The molecule has 4 nitrogen and oxygen atoms in total.